The van der Waals surface area contributed by atoms with Crippen LogP contribution in [0, 0.1) is 0 Å². The molecule has 0 bridgehead atoms. The van der Waals surface area contributed by atoms with Gasteiger partial charge in [0.15, 0.2) is 0 Å². The summed E-state index contributed by atoms with van der Waals surface area (Å²) in [6, 6.07) is 0. The highest BCUT2D eigenvalue weighted by molar-refractivity contribution is 5.46. The van der Waals surface area contributed by atoms with Gasteiger partial charge in [-0.05, 0) is 5.57 Å². The molecule has 0 aliphatic heterocycles. The van der Waals surface area contributed by atoms with E-state index in [1.165, 1.54) is 0 Å². The molecule has 0 fully saturated rings. The maximum Gasteiger partial charge on any atom is 0.207 e. The van der Waals surface area contributed by atoms with Crippen LogP contribution in [0.25, 0.3) is 0 Å². The molecule has 1 amide bonds. The molecule has 4 heteroatoms. The zero-order chi connectivity index (χ0) is 7.11. The molecular formula is C5H9FN2O. The van der Waals surface area contributed by atoms with E-state index in [0.717, 1.165) is 0 Å². The molecule has 0 aromatic rings. The van der Waals surface area contributed by atoms with E-state index in [1.54, 1.807) is 0 Å². The fourth-order valence-electron chi connectivity index (χ4n) is 0.328. The van der Waals surface area contributed by atoms with Crippen LogP contribution in [0.5, 0.6) is 0 Å². The van der Waals surface area contributed by atoms with Crippen molar-refractivity contribution in [2.45, 2.75) is 0 Å². The lowest BCUT2D eigenvalue weighted by molar-refractivity contribution is -0.109. The molecule has 0 saturated heterocycles. The third-order valence-corrected chi connectivity index (χ3v) is 0.829. The lowest BCUT2D eigenvalue weighted by atomic mass is 10.3. The van der Waals surface area contributed by atoms with Crippen molar-refractivity contribution in [2.75, 3.05) is 13.1 Å². The summed E-state index contributed by atoms with van der Waals surface area (Å²) in [5.74, 6) is 0. The average Bonchev–Trinajstić information content (AvgIpc) is 1.91. The molecule has 0 atom stereocenters. The Morgan fingerprint density at radius 1 is 1.78 bits per heavy atom. The summed E-state index contributed by atoms with van der Waals surface area (Å²) in [7, 11) is 0. The van der Waals surface area contributed by atoms with Crippen molar-refractivity contribution >= 4 is 6.41 Å². The lowest BCUT2D eigenvalue weighted by Gasteiger charge is -1.97. The van der Waals surface area contributed by atoms with Gasteiger partial charge < -0.3 is 11.1 Å². The summed E-state index contributed by atoms with van der Waals surface area (Å²) >= 11 is 0. The minimum Gasteiger partial charge on any atom is -0.355 e. The number of hydrogen-bond donors (Lipinski definition) is 2. The summed E-state index contributed by atoms with van der Waals surface area (Å²) in [5.41, 5.74) is 5.44. The van der Waals surface area contributed by atoms with Gasteiger partial charge >= 0.3 is 0 Å². The van der Waals surface area contributed by atoms with E-state index in [9.17, 15) is 9.18 Å². The third-order valence-electron chi connectivity index (χ3n) is 0.829. The largest absolute Gasteiger partial charge is 0.355 e. The Kier molecular flexibility index (Phi) is 4.72. The van der Waals surface area contributed by atoms with Crippen molar-refractivity contribution in [1.82, 2.24) is 5.32 Å². The molecule has 0 unspecified atom stereocenters. The van der Waals surface area contributed by atoms with Gasteiger partial charge in [-0.1, -0.05) is 0 Å². The maximum atomic E-state index is 11.6. The highest BCUT2D eigenvalue weighted by Gasteiger charge is 1.90. The van der Waals surface area contributed by atoms with Crippen molar-refractivity contribution in [1.29, 1.82) is 0 Å². The summed E-state index contributed by atoms with van der Waals surface area (Å²) in [6.45, 7) is 0.327. The number of amides is 1. The number of hydrogen-bond acceptors (Lipinski definition) is 2. The van der Waals surface area contributed by atoms with Crippen molar-refractivity contribution in [3.05, 3.63) is 11.9 Å². The van der Waals surface area contributed by atoms with Gasteiger partial charge in [-0.15, -0.1) is 0 Å². The molecule has 0 aliphatic carbocycles. The number of rotatable bonds is 4. The van der Waals surface area contributed by atoms with Crippen LogP contribution in [0.1, 0.15) is 0 Å². The fraction of sp³-hybridized carbons (Fsp3) is 0.400. The van der Waals surface area contributed by atoms with Gasteiger partial charge in [-0.2, -0.15) is 0 Å². The highest BCUT2D eigenvalue weighted by Crippen LogP contribution is 1.87. The zero-order valence-electron chi connectivity index (χ0n) is 4.93. The predicted molar refractivity (Wildman–Crippen MR) is 32.3 cm³/mol. The molecule has 0 aromatic carbocycles. The van der Waals surface area contributed by atoms with Crippen LogP contribution in [-0.4, -0.2) is 19.5 Å². The van der Waals surface area contributed by atoms with Gasteiger partial charge in [0.2, 0.25) is 6.41 Å². The lowest BCUT2D eigenvalue weighted by Crippen LogP contribution is -2.18. The monoisotopic (exact) mass is 132 g/mol. The minimum atomic E-state index is 0.136. The first kappa shape index (κ1) is 8.10. The van der Waals surface area contributed by atoms with Crippen LogP contribution in [0.4, 0.5) is 4.39 Å². The molecule has 52 valence electrons. The number of carbonyl (C=O) groups excluding carboxylic acids is 1. The number of nitrogens with two attached hydrogens (primary N) is 1. The van der Waals surface area contributed by atoms with Crippen LogP contribution in [0.3, 0.4) is 0 Å². The van der Waals surface area contributed by atoms with Crippen LogP contribution >= 0.6 is 0 Å². The molecule has 3 nitrogen and oxygen atoms in total. The van der Waals surface area contributed by atoms with E-state index in [1.807, 2.05) is 0 Å². The van der Waals surface area contributed by atoms with Crippen LogP contribution in [0.2, 0.25) is 0 Å². The van der Waals surface area contributed by atoms with Crippen molar-refractivity contribution < 1.29 is 9.18 Å². The van der Waals surface area contributed by atoms with Gasteiger partial charge in [-0.3, -0.25) is 4.79 Å². The zero-order valence-corrected chi connectivity index (χ0v) is 4.93. The SMILES string of the molecule is NC/C(=C\F)CNC=O. The fourth-order valence-corrected chi connectivity index (χ4v) is 0.328. The van der Waals surface area contributed by atoms with Gasteiger partial charge in [0.05, 0.1) is 6.33 Å². The highest BCUT2D eigenvalue weighted by atomic mass is 19.1. The molecule has 0 heterocycles. The molecule has 0 radical (unpaired) electrons. The van der Waals surface area contributed by atoms with E-state index < -0.39 is 0 Å². The van der Waals surface area contributed by atoms with E-state index in [2.05, 4.69) is 5.32 Å². The van der Waals surface area contributed by atoms with Crippen LogP contribution in [0.15, 0.2) is 11.9 Å². The normalized spacial score (nSPS) is 11.1. The summed E-state index contributed by atoms with van der Waals surface area (Å²) in [4.78, 5) is 9.64. The van der Waals surface area contributed by atoms with Gasteiger partial charge in [0, 0.05) is 13.1 Å². The molecular weight excluding hydrogens is 123 g/mol. The Balaban J connectivity index is 3.44. The molecule has 3 N–H and O–H groups in total. The Hall–Kier alpha value is -0.900. The van der Waals surface area contributed by atoms with Crippen molar-refractivity contribution in [3.63, 3.8) is 0 Å². The summed E-state index contributed by atoms with van der Waals surface area (Å²) < 4.78 is 11.6. The van der Waals surface area contributed by atoms with Crippen LogP contribution < -0.4 is 11.1 Å². The first-order valence-electron chi connectivity index (χ1n) is 2.50. The van der Waals surface area contributed by atoms with E-state index in [4.69, 9.17) is 5.73 Å². The molecule has 9 heavy (non-hydrogen) atoms. The quantitative estimate of drug-likeness (QED) is 0.509. The number of halogens is 1. The number of nitrogens with one attached hydrogen (secondary N) is 1. The average molecular weight is 132 g/mol. The second-order valence-electron chi connectivity index (χ2n) is 1.47. The smallest absolute Gasteiger partial charge is 0.207 e. The Bertz CT molecular complexity index is 114. The van der Waals surface area contributed by atoms with Gasteiger partial charge in [-0.25, -0.2) is 4.39 Å². The number of carbonyl (C=O) groups is 1. The van der Waals surface area contributed by atoms with E-state index >= 15 is 0 Å². The molecule has 0 aromatic heterocycles. The van der Waals surface area contributed by atoms with Crippen LogP contribution in [-0.2, 0) is 4.79 Å². The molecule has 0 spiro atoms. The third kappa shape index (κ3) is 3.66. The standard InChI is InChI=1S/C5H9FN2O/c6-1-5(2-7)3-8-4-9/h1,4H,2-3,7H2,(H,8,9)/b5-1+. The minimum absolute atomic E-state index is 0.136. The Morgan fingerprint density at radius 3 is 2.78 bits per heavy atom. The van der Waals surface area contributed by atoms with Crippen molar-refractivity contribution in [2.24, 2.45) is 5.73 Å². The van der Waals surface area contributed by atoms with E-state index in [-0.39, 0.29) is 13.1 Å². The second-order valence-corrected chi connectivity index (χ2v) is 1.47. The topological polar surface area (TPSA) is 55.1 Å². The summed E-state index contributed by atoms with van der Waals surface area (Å²) in [6.07, 6.45) is 0.898. The first-order valence-corrected chi connectivity index (χ1v) is 2.50. The molecule has 0 saturated carbocycles. The first-order chi connectivity index (χ1) is 4.35. The van der Waals surface area contributed by atoms with Gasteiger partial charge in [0.25, 0.3) is 0 Å². The second kappa shape index (κ2) is 5.24. The maximum absolute atomic E-state index is 11.6. The van der Waals surface area contributed by atoms with Crippen molar-refractivity contribution in [3.8, 4) is 0 Å². The molecule has 0 aliphatic rings. The molecule has 0 rings (SSSR count). The Morgan fingerprint density at radius 2 is 2.44 bits per heavy atom. The Labute approximate surface area is 52.7 Å². The summed E-state index contributed by atoms with van der Waals surface area (Å²) in [5, 5.41) is 2.28. The van der Waals surface area contributed by atoms with Gasteiger partial charge in [0.1, 0.15) is 0 Å². The predicted octanol–water partition coefficient (Wildman–Crippen LogP) is -0.456. The van der Waals surface area contributed by atoms with E-state index in [0.29, 0.717) is 18.3 Å².